The van der Waals surface area contributed by atoms with Crippen molar-refractivity contribution in [2.24, 2.45) is 4.99 Å². The molecule has 6 nitrogen and oxygen atoms in total. The number of hydrogen-bond donors (Lipinski definition) is 1. The van der Waals surface area contributed by atoms with E-state index in [-0.39, 0.29) is 17.1 Å². The summed E-state index contributed by atoms with van der Waals surface area (Å²) >= 11 is 1.38. The maximum atomic E-state index is 13.1. The summed E-state index contributed by atoms with van der Waals surface area (Å²) in [6.07, 6.45) is 5.54. The summed E-state index contributed by atoms with van der Waals surface area (Å²) in [6, 6.07) is 14.5. The number of fused-ring (bicyclic) bond motifs is 1. The van der Waals surface area contributed by atoms with Crippen molar-refractivity contribution in [1.29, 1.82) is 0 Å². The van der Waals surface area contributed by atoms with Crippen molar-refractivity contribution < 1.29 is 17.6 Å². The number of amides is 1. The molecule has 1 amide bonds. The van der Waals surface area contributed by atoms with E-state index in [1.807, 2.05) is 30.5 Å². The summed E-state index contributed by atoms with van der Waals surface area (Å²) in [5.74, 6) is 1.60. The number of aromatic nitrogens is 1. The lowest BCUT2D eigenvalue weighted by Gasteiger charge is -2.08. The SMILES string of the molecule is C#CCn1c(=NC(=O)c2ccc(NS(=O)(=O)c3ccc(F)cc3)cc2)sc2cc(C)c(C)cc21. The predicted molar refractivity (Wildman–Crippen MR) is 132 cm³/mol. The molecule has 0 saturated heterocycles. The van der Waals surface area contributed by atoms with Crippen LogP contribution >= 0.6 is 11.3 Å². The van der Waals surface area contributed by atoms with Gasteiger partial charge in [-0.15, -0.1) is 6.42 Å². The van der Waals surface area contributed by atoms with E-state index in [0.29, 0.717) is 10.4 Å². The number of halogens is 1. The molecule has 0 fully saturated rings. The van der Waals surface area contributed by atoms with Crippen LogP contribution in [0.3, 0.4) is 0 Å². The van der Waals surface area contributed by atoms with Gasteiger partial charge < -0.3 is 4.57 Å². The topological polar surface area (TPSA) is 80.5 Å². The molecule has 0 radical (unpaired) electrons. The van der Waals surface area contributed by atoms with Gasteiger partial charge in [-0.1, -0.05) is 17.3 Å². The van der Waals surface area contributed by atoms with Gasteiger partial charge in [-0.25, -0.2) is 12.8 Å². The van der Waals surface area contributed by atoms with E-state index in [1.54, 1.807) is 0 Å². The van der Waals surface area contributed by atoms with Crippen molar-refractivity contribution in [1.82, 2.24) is 4.57 Å². The minimum Gasteiger partial charge on any atom is -0.305 e. The first kappa shape index (κ1) is 23.4. The molecular formula is C25H20FN3O3S2. The molecule has 0 aliphatic carbocycles. The maximum absolute atomic E-state index is 13.1. The highest BCUT2D eigenvalue weighted by molar-refractivity contribution is 7.92. The van der Waals surface area contributed by atoms with Crippen LogP contribution in [0.4, 0.5) is 10.1 Å². The van der Waals surface area contributed by atoms with Gasteiger partial charge in [0.15, 0.2) is 4.80 Å². The molecule has 3 aromatic carbocycles. The van der Waals surface area contributed by atoms with Gasteiger partial charge in [-0.05, 0) is 85.6 Å². The molecular weight excluding hydrogens is 473 g/mol. The zero-order valence-corrected chi connectivity index (χ0v) is 20.0. The molecule has 0 atom stereocenters. The Labute approximate surface area is 200 Å². The number of aryl methyl sites for hydroxylation is 2. The van der Waals surface area contributed by atoms with E-state index >= 15 is 0 Å². The van der Waals surface area contributed by atoms with Gasteiger partial charge in [-0.2, -0.15) is 4.99 Å². The molecule has 0 aliphatic rings. The number of benzene rings is 3. The second-order valence-corrected chi connectivity index (χ2v) is 10.3. The second kappa shape index (κ2) is 9.25. The number of hydrogen-bond acceptors (Lipinski definition) is 4. The molecule has 0 spiro atoms. The Morgan fingerprint density at radius 2 is 1.74 bits per heavy atom. The van der Waals surface area contributed by atoms with Crippen molar-refractivity contribution in [2.75, 3.05) is 4.72 Å². The minimum absolute atomic E-state index is 0.0719. The van der Waals surface area contributed by atoms with Crippen molar-refractivity contribution >= 4 is 43.2 Å². The van der Waals surface area contributed by atoms with E-state index in [1.165, 1.54) is 47.7 Å². The molecule has 4 rings (SSSR count). The Bertz CT molecular complexity index is 1610. The summed E-state index contributed by atoms with van der Waals surface area (Å²) in [5, 5.41) is 0. The van der Waals surface area contributed by atoms with Gasteiger partial charge in [0.05, 0.1) is 21.7 Å². The van der Waals surface area contributed by atoms with Gasteiger partial charge in [0, 0.05) is 11.3 Å². The third-order valence-electron chi connectivity index (χ3n) is 5.25. The molecule has 34 heavy (non-hydrogen) atoms. The van der Waals surface area contributed by atoms with Crippen molar-refractivity contribution in [3.05, 3.63) is 88.0 Å². The lowest BCUT2D eigenvalue weighted by atomic mass is 10.1. The van der Waals surface area contributed by atoms with Gasteiger partial charge >= 0.3 is 0 Å². The zero-order chi connectivity index (χ0) is 24.5. The van der Waals surface area contributed by atoms with E-state index in [4.69, 9.17) is 6.42 Å². The summed E-state index contributed by atoms with van der Waals surface area (Å²) in [7, 11) is -3.89. The van der Waals surface area contributed by atoms with E-state index in [2.05, 4.69) is 15.6 Å². The lowest BCUT2D eigenvalue weighted by molar-refractivity contribution is 0.0998. The number of nitrogens with zero attached hydrogens (tertiary/aromatic N) is 2. The highest BCUT2D eigenvalue weighted by Gasteiger charge is 2.15. The molecule has 4 aromatic rings. The number of nitrogens with one attached hydrogen (secondary N) is 1. The van der Waals surface area contributed by atoms with Crippen LogP contribution in [0.5, 0.6) is 0 Å². The second-order valence-electron chi connectivity index (χ2n) is 7.63. The fourth-order valence-corrected chi connectivity index (χ4v) is 5.48. The normalized spacial score (nSPS) is 12.0. The fourth-order valence-electron chi connectivity index (χ4n) is 3.31. The first-order valence-corrected chi connectivity index (χ1v) is 12.5. The Balaban J connectivity index is 1.62. The first-order valence-electron chi connectivity index (χ1n) is 10.2. The standard InChI is InChI=1S/C25H20FN3O3S2/c1-4-13-29-22-14-16(2)17(3)15-23(22)33-25(29)27-24(30)18-5-9-20(10-6-18)28-34(31,32)21-11-7-19(26)8-12-21/h1,5-12,14-15,28H,13H2,2-3H3. The number of terminal acetylenes is 1. The van der Waals surface area contributed by atoms with E-state index in [9.17, 15) is 17.6 Å². The Hall–Kier alpha value is -3.74. The smallest absolute Gasteiger partial charge is 0.279 e. The zero-order valence-electron chi connectivity index (χ0n) is 18.4. The summed E-state index contributed by atoms with van der Waals surface area (Å²) in [6.45, 7) is 4.31. The minimum atomic E-state index is -3.89. The van der Waals surface area contributed by atoms with Crippen LogP contribution in [-0.2, 0) is 16.6 Å². The average molecular weight is 494 g/mol. The highest BCUT2D eigenvalue weighted by Crippen LogP contribution is 2.22. The predicted octanol–water partition coefficient (Wildman–Crippen LogP) is 4.63. The summed E-state index contributed by atoms with van der Waals surface area (Å²) in [5.41, 5.74) is 3.73. The highest BCUT2D eigenvalue weighted by atomic mass is 32.2. The first-order chi connectivity index (χ1) is 16.2. The molecule has 1 N–H and O–H groups in total. The molecule has 0 unspecified atom stereocenters. The lowest BCUT2D eigenvalue weighted by Crippen LogP contribution is -2.16. The van der Waals surface area contributed by atoms with Crippen molar-refractivity contribution in [3.63, 3.8) is 0 Å². The van der Waals surface area contributed by atoms with Gasteiger partial charge in [0.1, 0.15) is 5.82 Å². The molecule has 9 heteroatoms. The molecule has 0 aliphatic heterocycles. The van der Waals surface area contributed by atoms with Crippen LogP contribution in [-0.4, -0.2) is 18.9 Å². The van der Waals surface area contributed by atoms with Gasteiger partial charge in [0.25, 0.3) is 15.9 Å². The largest absolute Gasteiger partial charge is 0.305 e. The Morgan fingerprint density at radius 1 is 1.09 bits per heavy atom. The van der Waals surface area contributed by atoms with E-state index in [0.717, 1.165) is 33.5 Å². The van der Waals surface area contributed by atoms with Crippen molar-refractivity contribution in [3.8, 4) is 12.3 Å². The number of anilines is 1. The fraction of sp³-hybridized carbons (Fsp3) is 0.120. The van der Waals surface area contributed by atoms with Crippen LogP contribution in [0, 0.1) is 32.0 Å². The monoisotopic (exact) mass is 493 g/mol. The van der Waals surface area contributed by atoms with Gasteiger partial charge in [0.2, 0.25) is 0 Å². The Morgan fingerprint density at radius 3 is 2.38 bits per heavy atom. The number of sulfonamides is 1. The van der Waals surface area contributed by atoms with Crippen LogP contribution in [0.1, 0.15) is 21.5 Å². The van der Waals surface area contributed by atoms with Crippen molar-refractivity contribution in [2.45, 2.75) is 25.3 Å². The number of carbonyl (C=O) groups is 1. The quantitative estimate of drug-likeness (QED) is 0.412. The average Bonchev–Trinajstić information content (AvgIpc) is 3.10. The maximum Gasteiger partial charge on any atom is 0.279 e. The summed E-state index contributed by atoms with van der Waals surface area (Å²) in [4.78, 5) is 17.5. The number of rotatable bonds is 5. The van der Waals surface area contributed by atoms with Crippen LogP contribution in [0.15, 0.2) is 70.6 Å². The van der Waals surface area contributed by atoms with Crippen LogP contribution < -0.4 is 9.52 Å². The molecule has 1 aromatic heterocycles. The third kappa shape index (κ3) is 4.78. The summed E-state index contributed by atoms with van der Waals surface area (Å²) < 4.78 is 43.2. The van der Waals surface area contributed by atoms with E-state index < -0.39 is 21.7 Å². The third-order valence-corrected chi connectivity index (χ3v) is 7.69. The molecule has 1 heterocycles. The number of carbonyl (C=O) groups excluding carboxylic acids is 1. The van der Waals surface area contributed by atoms with Crippen LogP contribution in [0.2, 0.25) is 0 Å². The molecule has 0 saturated carbocycles. The van der Waals surface area contributed by atoms with Gasteiger partial charge in [-0.3, -0.25) is 9.52 Å². The number of thiazole rings is 1. The molecule has 0 bridgehead atoms. The molecule has 172 valence electrons. The van der Waals surface area contributed by atoms with Crippen LogP contribution in [0.25, 0.3) is 10.2 Å². The Kier molecular flexibility index (Phi) is 6.37.